The van der Waals surface area contributed by atoms with Gasteiger partial charge in [-0.15, -0.1) is 0 Å². The lowest BCUT2D eigenvalue weighted by Crippen LogP contribution is -2.17. The summed E-state index contributed by atoms with van der Waals surface area (Å²) in [4.78, 5) is 7.28. The van der Waals surface area contributed by atoms with Gasteiger partial charge in [-0.25, -0.2) is 4.98 Å². The van der Waals surface area contributed by atoms with Crippen molar-refractivity contribution in [2.75, 3.05) is 0 Å². The topological polar surface area (TPSA) is 26.5 Å². The maximum absolute atomic E-state index is 7.08. The Hall–Kier alpha value is -3.76. The van der Waals surface area contributed by atoms with Crippen LogP contribution in [0.4, 0.5) is 0 Å². The molecule has 0 spiro atoms. The molecule has 3 nitrogen and oxygen atoms in total. The van der Waals surface area contributed by atoms with Crippen LogP contribution in [0.1, 0.15) is 0 Å². The van der Waals surface area contributed by atoms with E-state index >= 15 is 0 Å². The van der Waals surface area contributed by atoms with E-state index in [4.69, 9.17) is 9.17 Å². The van der Waals surface area contributed by atoms with Gasteiger partial charge in [0.2, 0.25) is 0 Å². The van der Waals surface area contributed by atoms with Gasteiger partial charge in [-0.1, -0.05) is 72.8 Å². The molecule has 1 aliphatic rings. The molecule has 0 saturated heterocycles. The summed E-state index contributed by atoms with van der Waals surface area (Å²) >= 11 is 0. The van der Waals surface area contributed by atoms with Crippen LogP contribution >= 0.6 is 10.3 Å². The minimum atomic E-state index is -1.99. The van der Waals surface area contributed by atoms with Gasteiger partial charge in [0, 0.05) is 30.9 Å². The third-order valence-electron chi connectivity index (χ3n) is 6.07. The van der Waals surface area contributed by atoms with Gasteiger partial charge in [-0.2, -0.15) is 0 Å². The number of imidazole rings is 1. The van der Waals surface area contributed by atoms with Gasteiger partial charge in [-0.3, -0.25) is 4.40 Å². The second kappa shape index (κ2) is 6.13. The molecule has 3 heterocycles. The fourth-order valence-electron chi connectivity index (χ4n) is 4.77. The zero-order chi connectivity index (χ0) is 20.4. The lowest BCUT2D eigenvalue weighted by atomic mass is 10.1. The lowest BCUT2D eigenvalue weighted by Gasteiger charge is -2.42. The quantitative estimate of drug-likeness (QED) is 0.277. The summed E-state index contributed by atoms with van der Waals surface area (Å²) < 4.78 is 9.42. The van der Waals surface area contributed by atoms with Crippen molar-refractivity contribution < 1.29 is 4.18 Å². The number of nitrogens with zero attached hydrogens (tertiary/aromatic N) is 2. The van der Waals surface area contributed by atoms with Crippen molar-refractivity contribution in [2.45, 2.75) is 14.8 Å². The first-order valence-corrected chi connectivity index (χ1v) is 11.9. The highest BCUT2D eigenvalue weighted by molar-refractivity contribution is 8.30. The van der Waals surface area contributed by atoms with Gasteiger partial charge in [0.15, 0.2) is 5.75 Å². The van der Waals surface area contributed by atoms with Gasteiger partial charge in [0.05, 0.1) is 11.7 Å². The number of pyridine rings is 1. The molecule has 4 aromatic carbocycles. The zero-order valence-corrected chi connectivity index (χ0v) is 17.4. The number of rotatable bonds is 2. The van der Waals surface area contributed by atoms with Crippen LogP contribution in [0.5, 0.6) is 5.75 Å². The molecule has 0 unspecified atom stereocenters. The number of hydrogen-bond donors (Lipinski definition) is 0. The Morgan fingerprint density at radius 2 is 1.23 bits per heavy atom. The van der Waals surface area contributed by atoms with E-state index in [-0.39, 0.29) is 0 Å². The van der Waals surface area contributed by atoms with Crippen molar-refractivity contribution >= 4 is 37.6 Å². The molecule has 0 bridgehead atoms. The van der Waals surface area contributed by atoms with Crippen molar-refractivity contribution in [3.8, 4) is 5.75 Å². The van der Waals surface area contributed by atoms with Gasteiger partial charge >= 0.3 is 0 Å². The van der Waals surface area contributed by atoms with Crippen LogP contribution < -0.4 is 4.18 Å². The Morgan fingerprint density at radius 3 is 1.94 bits per heavy atom. The number of para-hydroxylation sites is 1. The molecule has 0 N–H and O–H groups in total. The van der Waals surface area contributed by atoms with Crippen LogP contribution in [-0.2, 0) is 0 Å². The predicted octanol–water partition coefficient (Wildman–Crippen LogP) is 7.23. The second-order valence-electron chi connectivity index (χ2n) is 7.72. The van der Waals surface area contributed by atoms with Crippen molar-refractivity contribution in [1.82, 2.24) is 9.38 Å². The van der Waals surface area contributed by atoms with Gasteiger partial charge in [-0.05, 0) is 35.7 Å². The van der Waals surface area contributed by atoms with E-state index in [1.807, 2.05) is 6.20 Å². The van der Waals surface area contributed by atoms with Gasteiger partial charge in [0.1, 0.15) is 10.7 Å². The van der Waals surface area contributed by atoms with E-state index in [0.717, 1.165) is 27.3 Å². The largest absolute Gasteiger partial charge is 0.432 e. The highest BCUT2D eigenvalue weighted by Crippen LogP contribution is 2.70. The molecule has 6 aromatic rings. The van der Waals surface area contributed by atoms with Gasteiger partial charge < -0.3 is 4.18 Å². The molecule has 148 valence electrons. The number of benzene rings is 4. The molecule has 31 heavy (non-hydrogen) atoms. The molecule has 1 aliphatic heterocycles. The van der Waals surface area contributed by atoms with Crippen LogP contribution in [0.25, 0.3) is 27.3 Å². The maximum Gasteiger partial charge on any atom is 0.161 e. The number of hydrogen-bond acceptors (Lipinski definition) is 2. The number of aromatic nitrogens is 2. The monoisotopic (exact) mass is 418 g/mol. The van der Waals surface area contributed by atoms with Crippen molar-refractivity contribution in [3.63, 3.8) is 0 Å². The van der Waals surface area contributed by atoms with E-state index < -0.39 is 10.3 Å². The molecule has 0 radical (unpaired) electrons. The number of fused-ring (bicyclic) bond motifs is 3. The molecule has 0 atom stereocenters. The molecular formula is C27H18N2OS. The molecule has 0 fully saturated rings. The average Bonchev–Trinajstić information content (AvgIpc) is 3.31. The van der Waals surface area contributed by atoms with Crippen LogP contribution in [0, 0.1) is 0 Å². The normalized spacial score (nSPS) is 15.4. The first kappa shape index (κ1) is 17.0. The Labute approximate surface area is 181 Å². The molecule has 0 amide bonds. The fraction of sp³-hybridized carbons (Fsp3) is 0. The molecule has 4 heteroatoms. The Balaban J connectivity index is 1.73. The summed E-state index contributed by atoms with van der Waals surface area (Å²) in [7, 11) is -1.99. The minimum Gasteiger partial charge on any atom is -0.432 e. The highest BCUT2D eigenvalue weighted by Gasteiger charge is 2.40. The SMILES string of the molecule is c1ccc(S2(c3ccccc3)Oc3cccc4c5ccccc5c5ncc2n5c34)cc1. The van der Waals surface area contributed by atoms with E-state index in [1.54, 1.807) is 0 Å². The standard InChI is InChI=1S/C27H18N2OS/c1-3-10-19(11-4-1)31(20-12-5-2-6-13-20)25-18-28-27-23-15-8-7-14-21(23)22-16-9-17-24(30-31)26(22)29(25)27/h1-18H. The second-order valence-corrected chi connectivity index (χ2v) is 10.4. The van der Waals surface area contributed by atoms with Crippen LogP contribution in [0.3, 0.4) is 0 Å². The third-order valence-corrected chi connectivity index (χ3v) is 9.25. The lowest BCUT2D eigenvalue weighted by molar-refractivity contribution is 0.600. The minimum absolute atomic E-state index is 0.904. The first-order valence-electron chi connectivity index (χ1n) is 10.3. The summed E-state index contributed by atoms with van der Waals surface area (Å²) in [5.74, 6) is 0.904. The van der Waals surface area contributed by atoms with Gasteiger partial charge in [0.25, 0.3) is 0 Å². The summed E-state index contributed by atoms with van der Waals surface area (Å²) in [6.45, 7) is 0. The first-order chi connectivity index (χ1) is 15.4. The fourth-order valence-corrected chi connectivity index (χ4v) is 7.92. The molecule has 7 rings (SSSR count). The van der Waals surface area contributed by atoms with E-state index in [1.165, 1.54) is 20.6 Å². The van der Waals surface area contributed by atoms with E-state index in [2.05, 4.69) is 108 Å². The predicted molar refractivity (Wildman–Crippen MR) is 126 cm³/mol. The Bertz CT molecular complexity index is 1570. The molecular weight excluding hydrogens is 400 g/mol. The maximum atomic E-state index is 7.08. The highest BCUT2D eigenvalue weighted by atomic mass is 32.3. The van der Waals surface area contributed by atoms with Crippen LogP contribution in [-0.4, -0.2) is 9.38 Å². The van der Waals surface area contributed by atoms with Crippen molar-refractivity contribution in [1.29, 1.82) is 0 Å². The molecule has 0 saturated carbocycles. The third kappa shape index (κ3) is 2.12. The summed E-state index contributed by atoms with van der Waals surface area (Å²) in [6.07, 6.45) is 2.02. The van der Waals surface area contributed by atoms with Crippen LogP contribution in [0.2, 0.25) is 0 Å². The van der Waals surface area contributed by atoms with Crippen molar-refractivity contribution in [2.24, 2.45) is 0 Å². The smallest absolute Gasteiger partial charge is 0.161 e. The summed E-state index contributed by atoms with van der Waals surface area (Å²) in [6, 6.07) is 36.0. The zero-order valence-electron chi connectivity index (χ0n) is 16.6. The summed E-state index contributed by atoms with van der Waals surface area (Å²) in [5.41, 5.74) is 2.08. The van der Waals surface area contributed by atoms with Crippen molar-refractivity contribution in [3.05, 3.63) is 109 Å². The van der Waals surface area contributed by atoms with E-state index in [0.29, 0.717) is 0 Å². The molecule has 2 aromatic heterocycles. The van der Waals surface area contributed by atoms with Crippen LogP contribution in [0.15, 0.2) is 124 Å². The molecule has 0 aliphatic carbocycles. The summed E-state index contributed by atoms with van der Waals surface area (Å²) in [5, 5.41) is 4.66. The Kier molecular flexibility index (Phi) is 3.35. The van der Waals surface area contributed by atoms with E-state index in [9.17, 15) is 0 Å². The Morgan fingerprint density at radius 1 is 0.613 bits per heavy atom. The average molecular weight is 419 g/mol.